The molecule has 2 saturated carbocycles. The molecule has 6 aliphatic rings. The Kier molecular flexibility index (Phi) is 12.9. The van der Waals surface area contributed by atoms with E-state index in [4.69, 9.17) is 24.9 Å². The van der Waals surface area contributed by atoms with Crippen molar-refractivity contribution in [3.05, 3.63) is 106 Å². The van der Waals surface area contributed by atoms with Gasteiger partial charge in [-0.3, -0.25) is 19.8 Å². The van der Waals surface area contributed by atoms with Crippen molar-refractivity contribution in [3.8, 4) is 5.88 Å². The number of nitro groups is 1. The summed E-state index contributed by atoms with van der Waals surface area (Å²) in [5.74, 6) is -0.331. The highest BCUT2D eigenvalue weighted by Gasteiger charge is 2.50. The Bertz CT molecular complexity index is 3000. The van der Waals surface area contributed by atoms with E-state index < -0.39 is 48.7 Å². The predicted octanol–water partition coefficient (Wildman–Crippen LogP) is 7.65. The number of fused-ring (bicyclic) bond motifs is 3. The summed E-state index contributed by atoms with van der Waals surface area (Å²) >= 11 is 0. The number of benzene rings is 3. The molecule has 1 spiro atoms. The number of carbonyl (C=O) groups excluding carboxylic acids is 1. The molecule has 3 atom stereocenters. The smallest absolute Gasteiger partial charge is 0.293 e. The normalized spacial score (nSPS) is 25.6. The zero-order valence-electron chi connectivity index (χ0n) is 41.8. The molecule has 6 N–H and O–H groups in total. The number of nitrogens with two attached hydrogens (primary N) is 1. The van der Waals surface area contributed by atoms with Gasteiger partial charge in [-0.25, -0.2) is 13.1 Å². The van der Waals surface area contributed by atoms with E-state index in [1.54, 1.807) is 12.3 Å². The second-order valence-electron chi connectivity index (χ2n) is 22.3. The van der Waals surface area contributed by atoms with Crippen LogP contribution in [0.1, 0.15) is 106 Å². The third kappa shape index (κ3) is 9.75. The molecular formula is C54H67N9O9S. The van der Waals surface area contributed by atoms with Crippen LogP contribution in [0.4, 0.5) is 28.4 Å². The van der Waals surface area contributed by atoms with Crippen molar-refractivity contribution in [1.29, 1.82) is 0 Å². The molecule has 1 amide bonds. The monoisotopic (exact) mass is 1020 g/mol. The van der Waals surface area contributed by atoms with Crippen LogP contribution in [0.2, 0.25) is 0 Å². The molecule has 4 aliphatic heterocycles. The third-order valence-corrected chi connectivity index (χ3v) is 18.1. The molecule has 5 aromatic rings. The number of pyridine rings is 1. The van der Waals surface area contributed by atoms with E-state index in [0.717, 1.165) is 80.9 Å². The molecule has 19 heteroatoms. The van der Waals surface area contributed by atoms with Gasteiger partial charge in [-0.2, -0.15) is 4.98 Å². The van der Waals surface area contributed by atoms with Gasteiger partial charge in [-0.1, -0.05) is 24.3 Å². The average Bonchev–Trinajstić information content (AvgIpc) is 3.83. The number of morpholine rings is 1. The molecule has 388 valence electrons. The van der Waals surface area contributed by atoms with Crippen molar-refractivity contribution >= 4 is 55.4 Å². The Morgan fingerprint density at radius 1 is 0.959 bits per heavy atom. The number of aromatic amines is 1. The highest BCUT2D eigenvalue weighted by Crippen LogP contribution is 2.54. The molecule has 6 heterocycles. The maximum Gasteiger partial charge on any atom is 0.293 e. The lowest BCUT2D eigenvalue weighted by Gasteiger charge is -2.57. The summed E-state index contributed by atoms with van der Waals surface area (Å²) in [6.45, 7) is 11.0. The first-order valence-corrected chi connectivity index (χ1v) is 27.4. The van der Waals surface area contributed by atoms with Gasteiger partial charge in [0.2, 0.25) is 5.88 Å². The van der Waals surface area contributed by atoms with Crippen LogP contribution in [0, 0.1) is 21.4 Å². The van der Waals surface area contributed by atoms with Gasteiger partial charge in [0.05, 0.1) is 58.6 Å². The number of anilines is 4. The Morgan fingerprint density at radius 2 is 1.73 bits per heavy atom. The number of piperidine rings is 1. The van der Waals surface area contributed by atoms with Gasteiger partial charge >= 0.3 is 0 Å². The molecule has 0 bridgehead atoms. The second kappa shape index (κ2) is 19.1. The number of nitro benzene ring substituents is 1. The molecule has 11 rings (SSSR count). The fourth-order valence-corrected chi connectivity index (χ4v) is 13.5. The predicted molar refractivity (Wildman–Crippen MR) is 278 cm³/mol. The third-order valence-electron chi connectivity index (χ3n) is 16.7. The van der Waals surface area contributed by atoms with Crippen LogP contribution in [0.25, 0.3) is 11.0 Å². The van der Waals surface area contributed by atoms with E-state index in [-0.39, 0.29) is 34.7 Å². The maximum absolute atomic E-state index is 14.7. The number of aromatic nitrogens is 2. The number of rotatable bonds is 12. The molecule has 3 saturated heterocycles. The molecule has 2 aliphatic carbocycles. The quantitative estimate of drug-likeness (QED) is 0.0597. The molecule has 73 heavy (non-hydrogen) atoms. The van der Waals surface area contributed by atoms with Crippen LogP contribution in [0.3, 0.4) is 0 Å². The second-order valence-corrected chi connectivity index (χ2v) is 23.9. The number of nitrogens with zero attached hydrogens (tertiary/aromatic N) is 5. The van der Waals surface area contributed by atoms with Crippen molar-refractivity contribution < 1.29 is 37.5 Å². The lowest BCUT2D eigenvalue weighted by atomic mass is 9.59. The van der Waals surface area contributed by atoms with Crippen molar-refractivity contribution in [2.45, 2.75) is 119 Å². The minimum Gasteiger partial charge on any atom is -0.468 e. The molecule has 2 aromatic heterocycles. The van der Waals surface area contributed by atoms with Crippen LogP contribution >= 0.6 is 0 Å². The van der Waals surface area contributed by atoms with Crippen molar-refractivity contribution in [2.75, 3.05) is 67.7 Å². The van der Waals surface area contributed by atoms with Gasteiger partial charge in [-0.15, -0.1) is 0 Å². The van der Waals surface area contributed by atoms with Crippen LogP contribution in [0.15, 0.2) is 83.9 Å². The summed E-state index contributed by atoms with van der Waals surface area (Å²) in [6, 6.07) is 21.9. The number of H-pyrrole nitrogens is 1. The van der Waals surface area contributed by atoms with E-state index in [2.05, 4.69) is 67.8 Å². The van der Waals surface area contributed by atoms with E-state index in [1.165, 1.54) is 17.7 Å². The van der Waals surface area contributed by atoms with Gasteiger partial charge in [0, 0.05) is 67.7 Å². The number of nitrogens with one attached hydrogen (secondary N) is 3. The summed E-state index contributed by atoms with van der Waals surface area (Å²) in [7, 11) is -4.63. The zero-order valence-corrected chi connectivity index (χ0v) is 42.7. The van der Waals surface area contributed by atoms with Crippen LogP contribution in [-0.2, 0) is 25.0 Å². The van der Waals surface area contributed by atoms with Crippen molar-refractivity contribution in [1.82, 2.24) is 19.6 Å². The standard InChI is InChI=1S/C54H67N9O9S/c1-52(2,55)41-7-5-4-6-39(41)47-32-71-25-23-61(47)37-29-54(30-37)18-21-60(22-19-54)36-8-10-40(44(27-36)62-43-15-24-70-33-48(43)72-51-46(62)26-35-14-20-56-49(35)58-51)50(64)59-73(68,69)38-9-11-42(45(28-38)63(66)67)57-31-34-12-16-53(3,65)17-13-34/h4-11,14,20,26-28,34,37,43,47-48,57,65H,12-13,15-19,21-25,29-33,55H2,1-3H3,(H,56,58)(H,59,64)/t34?,43-,47-,48-,53?/m0/s1. The minimum absolute atomic E-state index is 0.105. The first-order chi connectivity index (χ1) is 34.9. The van der Waals surface area contributed by atoms with E-state index in [9.17, 15) is 28.4 Å². The average molecular weight is 1020 g/mol. The Labute approximate surface area is 426 Å². The van der Waals surface area contributed by atoms with Gasteiger partial charge in [0.15, 0.2) is 0 Å². The lowest BCUT2D eigenvalue weighted by molar-refractivity contribution is -0.384. The zero-order chi connectivity index (χ0) is 50.9. The first kappa shape index (κ1) is 49.4. The maximum atomic E-state index is 14.7. The Hall–Kier alpha value is -5.83. The number of hydrogen-bond donors (Lipinski definition) is 5. The van der Waals surface area contributed by atoms with Crippen LogP contribution in [-0.4, -0.2) is 116 Å². The number of aliphatic hydroxyl groups is 1. The summed E-state index contributed by atoms with van der Waals surface area (Å²) in [4.78, 5) is 41.2. The van der Waals surface area contributed by atoms with E-state index in [1.807, 2.05) is 31.2 Å². The Balaban J connectivity index is 0.863. The number of hydrogen-bond acceptors (Lipinski definition) is 15. The van der Waals surface area contributed by atoms with E-state index >= 15 is 0 Å². The highest BCUT2D eigenvalue weighted by molar-refractivity contribution is 7.90. The molecule has 0 unspecified atom stereocenters. The number of amides is 1. The largest absolute Gasteiger partial charge is 0.468 e. The first-order valence-electron chi connectivity index (χ1n) is 25.9. The van der Waals surface area contributed by atoms with Gasteiger partial charge in [0.1, 0.15) is 23.1 Å². The molecule has 18 nitrogen and oxygen atoms in total. The SMILES string of the molecule is CC1(O)CCC(CNc2ccc(S(=O)(=O)NC(=O)c3ccc(N4CCC5(CC4)CC(N4CCOC[C@H]4c4ccccc4C(C)(C)N)C5)cc3N3c4cc5cc[nH]c5nc4O[C@H]4COCC[C@@H]43)cc2[N+](=O)[O-])CC1. The summed E-state index contributed by atoms with van der Waals surface area (Å²) in [5, 5.41) is 26.8. The molecule has 3 aromatic carbocycles. The van der Waals surface area contributed by atoms with Gasteiger partial charge < -0.3 is 45.2 Å². The number of ether oxygens (including phenoxy) is 3. The fourth-order valence-electron chi connectivity index (χ4n) is 12.6. The number of carbonyl (C=O) groups is 1. The lowest BCUT2D eigenvalue weighted by Crippen LogP contribution is -2.58. The van der Waals surface area contributed by atoms with Crippen LogP contribution < -0.4 is 30.3 Å². The molecule has 0 radical (unpaired) electrons. The van der Waals surface area contributed by atoms with Crippen molar-refractivity contribution in [3.63, 3.8) is 0 Å². The van der Waals surface area contributed by atoms with Gasteiger partial charge in [-0.05, 0) is 143 Å². The van der Waals surface area contributed by atoms with Crippen molar-refractivity contribution in [2.24, 2.45) is 17.1 Å². The van der Waals surface area contributed by atoms with Gasteiger partial charge in [0.25, 0.3) is 21.6 Å². The molecular weight excluding hydrogens is 951 g/mol. The van der Waals surface area contributed by atoms with E-state index in [0.29, 0.717) is 81.2 Å². The topological polar surface area (TPSA) is 231 Å². The summed E-state index contributed by atoms with van der Waals surface area (Å²) in [6.07, 6.45) is 8.93. The highest BCUT2D eigenvalue weighted by atomic mass is 32.2. The van der Waals surface area contributed by atoms with Crippen LogP contribution in [0.5, 0.6) is 5.88 Å². The summed E-state index contributed by atoms with van der Waals surface area (Å²) < 4.78 is 49.2. The fraction of sp³-hybridized carbons (Fsp3) is 0.519. The number of sulfonamides is 1. The minimum atomic E-state index is -4.63. The summed E-state index contributed by atoms with van der Waals surface area (Å²) in [5.41, 5.74) is 10.6. The Morgan fingerprint density at radius 3 is 2.49 bits per heavy atom. The molecule has 5 fully saturated rings.